The van der Waals surface area contributed by atoms with Crippen molar-refractivity contribution in [2.75, 3.05) is 101 Å². The Morgan fingerprint density at radius 2 is 0.433 bits per heavy atom. The van der Waals surface area contributed by atoms with Crippen molar-refractivity contribution in [2.24, 2.45) is 29.6 Å². The lowest BCUT2D eigenvalue weighted by molar-refractivity contribution is -0.146. The summed E-state index contributed by atoms with van der Waals surface area (Å²) in [5.74, 6) is 1.73. The Bertz CT molecular complexity index is 2640. The number of aliphatic hydroxyl groups excluding tert-OH is 1. The van der Waals surface area contributed by atoms with Gasteiger partial charge in [0.1, 0.15) is 0 Å². The number of unbranched alkanes of at least 4 members (excludes halogenated alkanes) is 53. The molecular weight excluding hydrogens is 1980 g/mol. The van der Waals surface area contributed by atoms with Crippen molar-refractivity contribution >= 4 is 41.8 Å². The van der Waals surface area contributed by atoms with Crippen molar-refractivity contribution in [3.63, 3.8) is 0 Å². The average Bonchev–Trinajstić information content (AvgIpc) is 0.904. The van der Waals surface area contributed by atoms with Gasteiger partial charge in [-0.15, -0.1) is 0 Å². The molecule has 4 unspecified atom stereocenters. The minimum Gasteiger partial charge on any atom is -1.00 e. The quantitative estimate of drug-likeness (QED) is 0.0190. The van der Waals surface area contributed by atoms with Gasteiger partial charge in [-0.1, -0.05) is 494 Å². The third-order valence-electron chi connectivity index (χ3n) is 29.7. The van der Waals surface area contributed by atoms with Crippen LogP contribution < -0.4 is 24.0 Å². The van der Waals surface area contributed by atoms with Gasteiger partial charge in [0.05, 0.1) is 46.1 Å². The summed E-state index contributed by atoms with van der Waals surface area (Å²) in [6.07, 6.45) is 106. The predicted molar refractivity (Wildman–Crippen MR) is 639 cm³/mol. The van der Waals surface area contributed by atoms with E-state index in [-0.39, 0.29) is 59.8 Å². The van der Waals surface area contributed by atoms with Gasteiger partial charge in [0.2, 0.25) is 0 Å². The molecule has 19 heteroatoms. The summed E-state index contributed by atoms with van der Waals surface area (Å²) in [5.41, 5.74) is 0. The van der Waals surface area contributed by atoms with Crippen LogP contribution in [0.5, 0.6) is 0 Å². The van der Waals surface area contributed by atoms with E-state index in [9.17, 15) is 33.6 Å². The molecule has 0 aliphatic rings. The Kier molecular flexibility index (Phi) is 138. The number of ether oxygens (including phenoxy) is 6. The third kappa shape index (κ3) is 129. The first kappa shape index (κ1) is 157. The van der Waals surface area contributed by atoms with Gasteiger partial charge in [-0.3, -0.25) is 28.9 Å². The minimum atomic E-state index is -0.981. The van der Waals surface area contributed by atoms with E-state index in [2.05, 4.69) is 132 Å². The van der Waals surface area contributed by atoms with Crippen LogP contribution in [-0.4, -0.2) is 173 Å². The number of hydrogen-bond donors (Lipinski definition) is 2. The zero-order valence-electron chi connectivity index (χ0n) is 102. The van der Waals surface area contributed by atoms with Crippen LogP contribution in [0.1, 0.15) is 641 Å². The molecule has 0 aliphatic heterocycles. The first-order chi connectivity index (χ1) is 72.5. The highest BCUT2D eigenvalue weighted by Crippen LogP contribution is 2.29. The van der Waals surface area contributed by atoms with Crippen LogP contribution in [0.4, 0.5) is 0 Å². The van der Waals surface area contributed by atoms with Gasteiger partial charge in [-0.25, -0.2) is 9.59 Å². The van der Waals surface area contributed by atoms with Crippen LogP contribution in [0, 0.1) is 29.6 Å². The van der Waals surface area contributed by atoms with Crippen molar-refractivity contribution < 1.29 is 96.2 Å². The van der Waals surface area contributed by atoms with Crippen molar-refractivity contribution in [1.29, 1.82) is 0 Å². The number of halogens is 1. The maximum atomic E-state index is 13.0. The predicted octanol–water partition coefficient (Wildman–Crippen LogP) is 35.1. The molecule has 894 valence electrons. The second-order valence-corrected chi connectivity index (χ2v) is 45.1. The highest BCUT2D eigenvalue weighted by Gasteiger charge is 2.23. The second-order valence-electron chi connectivity index (χ2n) is 45.1. The zero-order valence-corrected chi connectivity index (χ0v) is 105. The number of nitrogens with zero attached hydrogens (tertiary/aromatic N) is 3. The van der Waals surface area contributed by atoms with E-state index in [0.717, 1.165) is 128 Å². The van der Waals surface area contributed by atoms with E-state index in [1.807, 2.05) is 0 Å². The average molecular weight is 2240 g/mol. The van der Waals surface area contributed by atoms with Gasteiger partial charge in [0, 0.05) is 57.0 Å². The normalized spacial score (nSPS) is 12.3. The summed E-state index contributed by atoms with van der Waals surface area (Å²) in [6.45, 7) is 39.0. The molecule has 150 heavy (non-hydrogen) atoms. The Balaban J connectivity index is -0.000000555. The largest absolute Gasteiger partial charge is 1.00 e. The molecule has 0 aliphatic carbocycles. The topological polar surface area (TPSA) is 225 Å². The Morgan fingerprint density at radius 3 is 0.700 bits per heavy atom. The van der Waals surface area contributed by atoms with Crippen LogP contribution in [0.15, 0.2) is 25.3 Å². The molecule has 0 aromatic carbocycles. The lowest BCUT2D eigenvalue weighted by Gasteiger charge is -2.32. The first-order valence-corrected chi connectivity index (χ1v) is 64.6. The Labute approximate surface area is 949 Å². The number of carboxylic acids is 1. The molecule has 0 spiro atoms. The van der Waals surface area contributed by atoms with E-state index in [1.165, 1.54) is 449 Å². The van der Waals surface area contributed by atoms with Gasteiger partial charge in [0.25, 0.3) is 0 Å². The van der Waals surface area contributed by atoms with Gasteiger partial charge < -0.3 is 72.4 Å². The van der Waals surface area contributed by atoms with Crippen molar-refractivity contribution in [3.8, 4) is 0 Å². The van der Waals surface area contributed by atoms with Crippen LogP contribution in [0.2, 0.25) is 0 Å². The van der Waals surface area contributed by atoms with Gasteiger partial charge >= 0.3 is 41.8 Å². The molecule has 0 radical (unpaired) electrons. The number of aliphatic hydroxyl groups is 1. The van der Waals surface area contributed by atoms with E-state index in [1.54, 1.807) is 0 Å². The summed E-state index contributed by atoms with van der Waals surface area (Å²) in [7, 11) is 8.67. The Hall–Kier alpha value is -3.66. The van der Waals surface area contributed by atoms with Gasteiger partial charge in [0.15, 0.2) is 0 Å². The number of aliphatic carboxylic acids is 1. The van der Waals surface area contributed by atoms with Crippen molar-refractivity contribution in [1.82, 2.24) is 14.7 Å². The lowest BCUT2D eigenvalue weighted by Crippen LogP contribution is -3.00. The molecule has 0 saturated heterocycles. The van der Waals surface area contributed by atoms with E-state index in [0.29, 0.717) is 108 Å². The highest BCUT2D eigenvalue weighted by atomic mass is 127. The maximum Gasteiger partial charge on any atom is 0.330 e. The van der Waals surface area contributed by atoms with Crippen LogP contribution in [-0.2, 0) is 62.0 Å². The Morgan fingerprint density at radius 1 is 0.227 bits per heavy atom. The summed E-state index contributed by atoms with van der Waals surface area (Å²) >= 11 is 0. The number of rotatable bonds is 112. The summed E-state index contributed by atoms with van der Waals surface area (Å²) in [5, 5.41) is 16.0. The molecule has 0 saturated carbocycles. The fourth-order valence-corrected chi connectivity index (χ4v) is 19.7. The molecule has 0 heterocycles. The van der Waals surface area contributed by atoms with Crippen molar-refractivity contribution in [2.45, 2.75) is 647 Å². The number of carboxylic acid groups (broad SMARTS) is 1. The molecule has 0 amide bonds. The summed E-state index contributed by atoms with van der Waals surface area (Å²) in [6, 6.07) is 0.478. The molecule has 0 bridgehead atoms. The van der Waals surface area contributed by atoms with Crippen LogP contribution in [0.25, 0.3) is 0 Å². The van der Waals surface area contributed by atoms with Crippen LogP contribution >= 0.6 is 0 Å². The first-order valence-electron chi connectivity index (χ1n) is 64.6. The highest BCUT2D eigenvalue weighted by molar-refractivity contribution is 5.81. The molecular formula is C131H257IN3O15-. The summed E-state index contributed by atoms with van der Waals surface area (Å²) in [4.78, 5) is 90.2. The monoisotopic (exact) mass is 2240 g/mol. The van der Waals surface area contributed by atoms with E-state index in [4.69, 9.17) is 38.6 Å². The molecule has 2 N–H and O–H groups in total. The van der Waals surface area contributed by atoms with E-state index < -0.39 is 5.97 Å². The summed E-state index contributed by atoms with van der Waals surface area (Å²) < 4.78 is 33.6. The maximum absolute atomic E-state index is 13.0. The molecule has 18 nitrogen and oxygen atoms in total. The van der Waals surface area contributed by atoms with Crippen LogP contribution in [0.3, 0.4) is 0 Å². The van der Waals surface area contributed by atoms with E-state index >= 15 is 0 Å². The number of esters is 6. The third-order valence-corrected chi connectivity index (χ3v) is 29.7. The van der Waals surface area contributed by atoms with Crippen molar-refractivity contribution in [3.05, 3.63) is 25.3 Å². The number of hydrogen-bond acceptors (Lipinski definition) is 17. The molecule has 4 atom stereocenters. The number of carbonyl (C=O) groups excluding carboxylic acids is 6. The molecule has 0 rings (SSSR count). The van der Waals surface area contributed by atoms with Gasteiger partial charge in [-0.05, 0) is 206 Å². The standard InChI is InChI=1S/C60H118N2O6.C49H97NO4.C11H20O2.C8H18O.C3H4O2.HI/c1-8-13-18-21-30-39-52-66-60(65)48-51-62(50-38-37-49-61(6)7)57(44-33-26-22-24-28-35-46-58(63)67-53-55(40-16-11-4)42-31-19-14-9-2)45-34-27-23-25-29-36-47-59(64)68-54-56(41-17-12-5)43-32-20-15-10-3;1-7-11-15-25-38-46(33-13-9-3)43-53-48(51)40-29-23-19-17-21-27-35-45(37-31-32-42-50(5)6)36-28-22-18-20-24-30-41-49(52)54-44-47(34-14-10-4)39-26-16-12-8-2;1-3-5-6-7-8-9-10-13-11(12)4-2;1-2-3-4-5-6-7-8-9;1-2-3(4)5;/h55-57H,8-54H2,1-7H3;45-47H,7-44H2,1-6H3;4H,2-3,5-10H2,1H3;9H,2-8H2,1H3;2H,1H2,(H,4,5);1H/p-1. The fraction of sp³-hybridized carbons (Fsp3) is 0.916. The van der Waals surface area contributed by atoms with Gasteiger partial charge in [-0.2, -0.15) is 0 Å². The zero-order chi connectivity index (χ0) is 111. The smallest absolute Gasteiger partial charge is 0.330 e. The lowest BCUT2D eigenvalue weighted by atomic mass is 9.90. The SMILES string of the molecule is C=CC(=O)O.C=CC(=O)OCCCCCCCC.CCCCCCC(CCCC)COC(=O)CCCCCCCCC(CCCCCCCCC(=O)OCC(CCCC)CCCCCC)CCCCN(C)C.CCCCCCCCO.CCCCCCCCOC(=O)CCN(CCCCN(C)C)C(CCCCCCCCC(=O)OCC(CCCC)CCCCCC)CCCCCCCCC(=O)OCC(CCCC)CCCCCC.[I-]. The minimum absolute atomic E-state index is 0. The molecule has 0 aromatic rings. The molecule has 0 aromatic heterocycles. The number of carbonyl (C=O) groups is 7. The fourth-order valence-electron chi connectivity index (χ4n) is 19.7. The second kappa shape index (κ2) is 132. The molecule has 0 fully saturated rings.